The molecule has 0 radical (unpaired) electrons. The second kappa shape index (κ2) is 14.9. The van der Waals surface area contributed by atoms with Crippen molar-refractivity contribution >= 4 is 5.91 Å². The third-order valence-electron chi connectivity index (χ3n) is 4.03. The Kier molecular flexibility index (Phi) is 14.5. The van der Waals surface area contributed by atoms with Crippen LogP contribution < -0.4 is 5.32 Å². The smallest absolute Gasteiger partial charge is 0.222 e. The van der Waals surface area contributed by atoms with Gasteiger partial charge in [-0.1, -0.05) is 27.7 Å². The van der Waals surface area contributed by atoms with Crippen molar-refractivity contribution in [2.75, 3.05) is 53.1 Å². The summed E-state index contributed by atoms with van der Waals surface area (Å²) in [5.74, 6) is 1.10. The Balaban J connectivity index is 0.000000515. The van der Waals surface area contributed by atoms with E-state index in [-0.39, 0.29) is 11.8 Å². The van der Waals surface area contributed by atoms with Gasteiger partial charge in [0.1, 0.15) is 0 Å². The Morgan fingerprint density at radius 3 is 2.35 bits per heavy atom. The second-order valence-corrected chi connectivity index (χ2v) is 6.53. The normalized spacial score (nSPS) is 16.6. The van der Waals surface area contributed by atoms with E-state index in [1.54, 1.807) is 7.05 Å². The zero-order chi connectivity index (χ0) is 17.5. The zero-order valence-electron chi connectivity index (χ0n) is 15.9. The van der Waals surface area contributed by atoms with Crippen LogP contribution in [0, 0.1) is 11.8 Å². The summed E-state index contributed by atoms with van der Waals surface area (Å²) >= 11 is 0. The van der Waals surface area contributed by atoms with Crippen molar-refractivity contribution in [1.82, 2.24) is 10.2 Å². The molecule has 138 valence electrons. The molecular weight excluding hydrogens is 292 g/mol. The lowest BCUT2D eigenvalue weighted by atomic mass is 10.1. The molecule has 0 saturated carbocycles. The largest absolute Gasteiger partial charge is 0.380 e. The lowest BCUT2D eigenvalue weighted by Gasteiger charge is -2.26. The monoisotopic (exact) mass is 330 g/mol. The van der Waals surface area contributed by atoms with E-state index in [2.05, 4.69) is 24.1 Å². The van der Waals surface area contributed by atoms with Gasteiger partial charge in [0.25, 0.3) is 0 Å². The molecule has 5 heteroatoms. The van der Waals surface area contributed by atoms with E-state index in [1.165, 1.54) is 12.8 Å². The van der Waals surface area contributed by atoms with Crippen LogP contribution in [0.4, 0.5) is 0 Å². The number of amides is 1. The number of carbonyl (C=O) groups excluding carboxylic acids is 1. The molecule has 0 spiro atoms. The number of morpholine rings is 1. The van der Waals surface area contributed by atoms with Crippen LogP contribution in [-0.2, 0) is 14.3 Å². The van der Waals surface area contributed by atoms with Crippen molar-refractivity contribution < 1.29 is 14.3 Å². The maximum absolute atomic E-state index is 10.6. The van der Waals surface area contributed by atoms with Crippen LogP contribution in [0.1, 0.15) is 47.0 Å². The van der Waals surface area contributed by atoms with Crippen molar-refractivity contribution in [2.24, 2.45) is 11.8 Å². The molecule has 1 unspecified atom stereocenters. The van der Waals surface area contributed by atoms with Crippen molar-refractivity contribution in [3.63, 3.8) is 0 Å². The molecule has 1 fully saturated rings. The number of nitrogens with one attached hydrogen (secondary N) is 1. The third kappa shape index (κ3) is 13.5. The van der Waals surface area contributed by atoms with Crippen molar-refractivity contribution in [3.05, 3.63) is 0 Å². The first-order valence-corrected chi connectivity index (χ1v) is 9.10. The molecule has 0 aromatic heterocycles. The molecule has 1 heterocycles. The first-order chi connectivity index (χ1) is 11.0. The molecule has 1 aliphatic heterocycles. The highest BCUT2D eigenvalue weighted by molar-refractivity contribution is 5.77. The van der Waals surface area contributed by atoms with E-state index in [9.17, 15) is 4.79 Å². The van der Waals surface area contributed by atoms with Crippen LogP contribution in [-0.4, -0.2) is 63.9 Å². The van der Waals surface area contributed by atoms with Crippen molar-refractivity contribution in [2.45, 2.75) is 47.0 Å². The molecule has 1 N–H and O–H groups in total. The summed E-state index contributed by atoms with van der Waals surface area (Å²) in [5, 5.41) is 2.58. The number of carbonyl (C=O) groups is 1. The van der Waals surface area contributed by atoms with E-state index in [4.69, 9.17) is 9.47 Å². The quantitative estimate of drug-likeness (QED) is 0.660. The molecule has 0 aromatic carbocycles. The van der Waals surface area contributed by atoms with Gasteiger partial charge < -0.3 is 14.8 Å². The highest BCUT2D eigenvalue weighted by Gasteiger charge is 2.09. The van der Waals surface area contributed by atoms with Gasteiger partial charge >= 0.3 is 0 Å². The average molecular weight is 331 g/mol. The Bertz CT molecular complexity index is 279. The van der Waals surface area contributed by atoms with E-state index >= 15 is 0 Å². The minimum Gasteiger partial charge on any atom is -0.380 e. The number of ether oxygens (including phenoxy) is 2. The zero-order valence-corrected chi connectivity index (χ0v) is 15.9. The minimum atomic E-state index is 0.132. The lowest BCUT2D eigenvalue weighted by Crippen LogP contribution is -2.38. The van der Waals surface area contributed by atoms with Crippen molar-refractivity contribution in [3.8, 4) is 0 Å². The van der Waals surface area contributed by atoms with Gasteiger partial charge in [0, 0.05) is 39.2 Å². The van der Waals surface area contributed by atoms with Crippen LogP contribution >= 0.6 is 0 Å². The van der Waals surface area contributed by atoms with Gasteiger partial charge in [0.05, 0.1) is 19.8 Å². The summed E-state index contributed by atoms with van der Waals surface area (Å²) in [4.78, 5) is 13.0. The lowest BCUT2D eigenvalue weighted by molar-refractivity contribution is -0.124. The average Bonchev–Trinajstić information content (AvgIpc) is 2.57. The predicted molar refractivity (Wildman–Crippen MR) is 95.7 cm³/mol. The fourth-order valence-electron chi connectivity index (χ4n) is 2.15. The fraction of sp³-hybridized carbons (Fsp3) is 0.944. The van der Waals surface area contributed by atoms with Gasteiger partial charge in [-0.05, 0) is 25.2 Å². The Morgan fingerprint density at radius 2 is 1.87 bits per heavy atom. The van der Waals surface area contributed by atoms with E-state index in [0.717, 1.165) is 58.4 Å². The van der Waals surface area contributed by atoms with E-state index in [0.29, 0.717) is 0 Å². The summed E-state index contributed by atoms with van der Waals surface area (Å²) in [7, 11) is 1.66. The van der Waals surface area contributed by atoms with Gasteiger partial charge in [0.2, 0.25) is 5.91 Å². The third-order valence-corrected chi connectivity index (χ3v) is 4.03. The molecule has 1 amide bonds. The minimum absolute atomic E-state index is 0.132. The highest BCUT2D eigenvalue weighted by atomic mass is 16.5. The summed E-state index contributed by atoms with van der Waals surface area (Å²) < 4.78 is 10.9. The van der Waals surface area contributed by atoms with Gasteiger partial charge in [-0.25, -0.2) is 0 Å². The van der Waals surface area contributed by atoms with Crippen LogP contribution in [0.2, 0.25) is 0 Å². The molecule has 1 rings (SSSR count). The maximum Gasteiger partial charge on any atom is 0.222 e. The molecular formula is C18H38N2O3. The predicted octanol–water partition coefficient (Wildman–Crippen LogP) is 2.55. The Hall–Kier alpha value is -0.650. The van der Waals surface area contributed by atoms with Crippen LogP contribution in [0.25, 0.3) is 0 Å². The highest BCUT2D eigenvalue weighted by Crippen LogP contribution is 2.03. The summed E-state index contributed by atoms with van der Waals surface area (Å²) in [6.45, 7) is 15.2. The van der Waals surface area contributed by atoms with Gasteiger partial charge in [-0.2, -0.15) is 0 Å². The Morgan fingerprint density at radius 1 is 1.22 bits per heavy atom. The van der Waals surface area contributed by atoms with Crippen LogP contribution in [0.5, 0.6) is 0 Å². The standard InChI is InChI=1S/C12H25NO2.C6H13NO/c1-12(2)4-3-8-14-9-5-13-6-10-15-11-7-13;1-4-5(2)6(8)7-3/h12H,3-11H2,1-2H3;5H,4H2,1-3H3,(H,7,8). The van der Waals surface area contributed by atoms with Crippen LogP contribution in [0.15, 0.2) is 0 Å². The molecule has 5 nitrogen and oxygen atoms in total. The SMILES string of the molecule is CC(C)CCCOCCN1CCOCC1.CCC(C)C(=O)NC. The number of hydrogen-bond donors (Lipinski definition) is 1. The Labute approximate surface area is 143 Å². The number of hydrogen-bond acceptors (Lipinski definition) is 4. The topological polar surface area (TPSA) is 50.8 Å². The molecule has 0 aliphatic carbocycles. The second-order valence-electron chi connectivity index (χ2n) is 6.53. The van der Waals surface area contributed by atoms with Crippen LogP contribution in [0.3, 0.4) is 0 Å². The summed E-state index contributed by atoms with van der Waals surface area (Å²) in [6.07, 6.45) is 3.39. The van der Waals surface area contributed by atoms with E-state index in [1.807, 2.05) is 13.8 Å². The molecule has 1 aliphatic rings. The molecule has 1 atom stereocenters. The van der Waals surface area contributed by atoms with Gasteiger partial charge in [-0.3, -0.25) is 9.69 Å². The fourth-order valence-corrected chi connectivity index (χ4v) is 2.15. The maximum atomic E-state index is 10.6. The first kappa shape index (κ1) is 22.4. The number of nitrogens with zero attached hydrogens (tertiary/aromatic N) is 1. The molecule has 23 heavy (non-hydrogen) atoms. The van der Waals surface area contributed by atoms with Gasteiger partial charge in [-0.15, -0.1) is 0 Å². The van der Waals surface area contributed by atoms with E-state index < -0.39 is 0 Å². The molecule has 0 bridgehead atoms. The first-order valence-electron chi connectivity index (χ1n) is 9.10. The van der Waals surface area contributed by atoms with Gasteiger partial charge in [0.15, 0.2) is 0 Å². The molecule has 1 saturated heterocycles. The summed E-state index contributed by atoms with van der Waals surface area (Å²) in [5.41, 5.74) is 0. The van der Waals surface area contributed by atoms with Crippen molar-refractivity contribution in [1.29, 1.82) is 0 Å². The molecule has 0 aromatic rings. The summed E-state index contributed by atoms with van der Waals surface area (Å²) in [6, 6.07) is 0. The number of rotatable bonds is 9.